The highest BCUT2D eigenvalue weighted by molar-refractivity contribution is 5.93. The fourth-order valence-electron chi connectivity index (χ4n) is 3.23. The van der Waals surface area contributed by atoms with Crippen LogP contribution >= 0.6 is 0 Å². The Hall–Kier alpha value is -2.61. The van der Waals surface area contributed by atoms with Gasteiger partial charge in [0, 0.05) is 41.1 Å². The fraction of sp³-hybridized carbons (Fsp3) is 0.458. The highest BCUT2D eigenvalue weighted by Gasteiger charge is 2.21. The summed E-state index contributed by atoms with van der Waals surface area (Å²) in [7, 11) is -2.75. The lowest BCUT2D eigenvalue weighted by Crippen LogP contribution is -2.50. The van der Waals surface area contributed by atoms with Gasteiger partial charge in [0.2, 0.25) is 5.91 Å². The third-order valence-electron chi connectivity index (χ3n) is 4.86. The summed E-state index contributed by atoms with van der Waals surface area (Å²) in [5, 5.41) is 13.4. The van der Waals surface area contributed by atoms with Crippen LogP contribution < -0.4 is 14.8 Å². The zero-order valence-electron chi connectivity index (χ0n) is 26.6. The third kappa shape index (κ3) is 6.69. The Morgan fingerprint density at radius 2 is 1.87 bits per heavy atom. The number of carbonyl (C=O) groups excluding carboxylic acids is 1. The molecule has 0 saturated carbocycles. The van der Waals surface area contributed by atoms with Gasteiger partial charge in [0.1, 0.15) is 12.7 Å². The predicted octanol–water partition coefficient (Wildman–Crippen LogP) is 2.31. The van der Waals surface area contributed by atoms with Crippen molar-refractivity contribution < 1.29 is 31.7 Å². The first-order valence-corrected chi connectivity index (χ1v) is 9.92. The minimum absolute atomic E-state index is 0.0342. The number of hydrogen-bond donors (Lipinski definition) is 2. The Bertz CT molecular complexity index is 1200. The Morgan fingerprint density at radius 3 is 2.55 bits per heavy atom. The van der Waals surface area contributed by atoms with Crippen molar-refractivity contribution in [2.75, 3.05) is 58.2 Å². The van der Waals surface area contributed by atoms with E-state index in [0.717, 1.165) is 0 Å². The molecule has 0 bridgehead atoms. The van der Waals surface area contributed by atoms with Gasteiger partial charge in [-0.25, -0.2) is 0 Å². The van der Waals surface area contributed by atoms with E-state index in [4.69, 9.17) is 21.8 Å². The molecule has 1 aliphatic rings. The number of anilines is 1. The minimum Gasteiger partial charge on any atom is -0.493 e. The number of ether oxygens (including phenoxy) is 2. The topological polar surface area (TPSA) is 74.3 Å². The summed E-state index contributed by atoms with van der Waals surface area (Å²) >= 11 is 0. The number of piperazine rings is 1. The zero-order valence-corrected chi connectivity index (χ0v) is 17.6. The van der Waals surface area contributed by atoms with Crippen molar-refractivity contribution in [3.05, 3.63) is 53.5 Å². The van der Waals surface area contributed by atoms with E-state index in [9.17, 15) is 9.90 Å². The maximum absolute atomic E-state index is 12.7. The molecule has 1 unspecified atom stereocenters. The van der Waals surface area contributed by atoms with Gasteiger partial charge in [0.15, 0.2) is 11.5 Å². The quantitative estimate of drug-likeness (QED) is 0.628. The SMILES string of the molecule is [2H]c1c([2H])c(C)c(NC(=O)CN2CCN(C([2H])([2H])C([2H])(O)COc3ccccc3OC([2H])([2H])[2H])CC2)c(C)c1[2H]. The molecule has 1 fully saturated rings. The third-order valence-corrected chi connectivity index (χ3v) is 4.86. The van der Waals surface area contributed by atoms with Crippen LogP contribution in [0.3, 0.4) is 0 Å². The van der Waals surface area contributed by atoms with Gasteiger partial charge >= 0.3 is 0 Å². The van der Waals surface area contributed by atoms with Crippen molar-refractivity contribution in [2.45, 2.75) is 19.9 Å². The van der Waals surface area contributed by atoms with Crippen LogP contribution in [0, 0.1) is 13.8 Å². The van der Waals surface area contributed by atoms with Gasteiger partial charge in [-0.3, -0.25) is 14.6 Å². The van der Waals surface area contributed by atoms with Crippen molar-refractivity contribution in [1.29, 1.82) is 0 Å². The molecule has 2 aromatic rings. The second kappa shape index (κ2) is 11.1. The van der Waals surface area contributed by atoms with Gasteiger partial charge < -0.3 is 19.9 Å². The van der Waals surface area contributed by atoms with E-state index < -0.39 is 26.2 Å². The molecular formula is C24H33N3O4. The van der Waals surface area contributed by atoms with Gasteiger partial charge in [-0.2, -0.15) is 0 Å². The van der Waals surface area contributed by atoms with Crippen LogP contribution in [0.5, 0.6) is 11.5 Å². The zero-order chi connectivity index (χ0) is 30.0. The normalized spacial score (nSPS) is 22.1. The number of amides is 1. The maximum Gasteiger partial charge on any atom is 0.238 e. The van der Waals surface area contributed by atoms with Crippen LogP contribution in [0.15, 0.2) is 42.4 Å². The van der Waals surface area contributed by atoms with Crippen LogP contribution in [0.1, 0.15) is 23.5 Å². The van der Waals surface area contributed by atoms with Crippen molar-refractivity contribution in [3.63, 3.8) is 0 Å². The molecule has 1 amide bonds. The number of β-amino-alcohol motifs (C(OH)–C–C–N with tert-alkyl or cyclic N) is 1. The average molecular weight is 437 g/mol. The summed E-state index contributed by atoms with van der Waals surface area (Å²) in [5.41, 5.74) is 1.12. The molecule has 7 nitrogen and oxygen atoms in total. The molecular weight excluding hydrogens is 394 g/mol. The molecule has 1 atom stereocenters. The van der Waals surface area contributed by atoms with Crippen LogP contribution in [-0.2, 0) is 4.79 Å². The van der Waals surface area contributed by atoms with Gasteiger partial charge in [0.25, 0.3) is 0 Å². The second-order valence-corrected chi connectivity index (χ2v) is 7.21. The van der Waals surface area contributed by atoms with Gasteiger partial charge in [-0.15, -0.1) is 0 Å². The molecule has 0 radical (unpaired) electrons. The van der Waals surface area contributed by atoms with Gasteiger partial charge in [0.05, 0.1) is 23.2 Å². The number of carbonyl (C=O) groups is 1. The van der Waals surface area contributed by atoms with E-state index in [1.54, 1.807) is 24.8 Å². The van der Waals surface area contributed by atoms with Crippen molar-refractivity contribution in [3.8, 4) is 11.5 Å². The first-order chi connectivity index (χ1) is 18.4. The Labute approximate surface area is 197 Å². The summed E-state index contributed by atoms with van der Waals surface area (Å²) in [5.74, 6) is -0.582. The number of para-hydroxylation sites is 3. The monoisotopic (exact) mass is 436 g/mol. The summed E-state index contributed by atoms with van der Waals surface area (Å²) in [6, 6.07) is 5.35. The fourth-order valence-corrected chi connectivity index (χ4v) is 3.23. The second-order valence-electron chi connectivity index (χ2n) is 7.21. The smallest absolute Gasteiger partial charge is 0.238 e. The molecule has 3 rings (SSSR count). The van der Waals surface area contributed by atoms with Crippen LogP contribution in [0.2, 0.25) is 0 Å². The molecule has 168 valence electrons. The van der Waals surface area contributed by atoms with Gasteiger partial charge in [-0.05, 0) is 37.1 Å². The van der Waals surface area contributed by atoms with Gasteiger partial charge in [-0.1, -0.05) is 30.3 Å². The number of hydrogen-bond acceptors (Lipinski definition) is 6. The highest BCUT2D eigenvalue weighted by atomic mass is 16.5. The van der Waals surface area contributed by atoms with E-state index >= 15 is 0 Å². The Kier molecular flexibility index (Phi) is 4.93. The number of aliphatic hydroxyl groups is 1. The molecule has 1 aliphatic heterocycles. The van der Waals surface area contributed by atoms with E-state index in [-0.39, 0.29) is 68.3 Å². The Balaban J connectivity index is 1.58. The van der Waals surface area contributed by atoms with E-state index in [1.807, 2.05) is 0 Å². The molecule has 1 heterocycles. The highest BCUT2D eigenvalue weighted by Crippen LogP contribution is 2.25. The Morgan fingerprint density at radius 1 is 1.23 bits per heavy atom. The summed E-state index contributed by atoms with van der Waals surface area (Å²) < 4.78 is 81.1. The molecule has 0 spiro atoms. The number of rotatable bonds is 9. The standard InChI is InChI=1S/C24H33N3O4/c1-18-7-6-8-19(2)24(18)25-23(29)16-27-13-11-26(12-14-27)15-20(28)17-31-22-10-5-4-9-21(22)30-3/h4-10,20,28H,11-17H2,1-3H3,(H,25,29)/i3D3,6D,7D,8D,15D2,20D. The van der Waals surface area contributed by atoms with E-state index in [0.29, 0.717) is 16.8 Å². The average Bonchev–Trinajstić information content (AvgIpc) is 2.87. The predicted molar refractivity (Wildman–Crippen MR) is 122 cm³/mol. The lowest BCUT2D eigenvalue weighted by molar-refractivity contribution is -0.117. The van der Waals surface area contributed by atoms with Crippen molar-refractivity contribution in [2.24, 2.45) is 0 Å². The lowest BCUT2D eigenvalue weighted by atomic mass is 10.1. The van der Waals surface area contributed by atoms with Crippen molar-refractivity contribution in [1.82, 2.24) is 9.80 Å². The maximum atomic E-state index is 12.7. The molecule has 2 N–H and O–H groups in total. The number of benzene rings is 2. The minimum atomic E-state index is -2.75. The first-order valence-electron chi connectivity index (χ1n) is 14.4. The van der Waals surface area contributed by atoms with Crippen LogP contribution in [0.4, 0.5) is 5.69 Å². The van der Waals surface area contributed by atoms with E-state index in [1.165, 1.54) is 23.1 Å². The number of nitrogens with one attached hydrogen (secondary N) is 1. The summed E-state index contributed by atoms with van der Waals surface area (Å²) in [6.45, 7) is 0.527. The lowest BCUT2D eigenvalue weighted by Gasteiger charge is -2.35. The summed E-state index contributed by atoms with van der Waals surface area (Å²) in [4.78, 5) is 15.8. The molecule has 1 saturated heterocycles. The molecule has 7 heteroatoms. The summed E-state index contributed by atoms with van der Waals surface area (Å²) in [6.07, 6.45) is -2.74. The largest absolute Gasteiger partial charge is 0.493 e. The molecule has 2 aromatic carbocycles. The van der Waals surface area contributed by atoms with Crippen molar-refractivity contribution >= 4 is 11.6 Å². The molecule has 31 heavy (non-hydrogen) atoms. The first kappa shape index (κ1) is 13.7. The molecule has 0 aromatic heterocycles. The van der Waals surface area contributed by atoms with Crippen LogP contribution in [0.25, 0.3) is 0 Å². The van der Waals surface area contributed by atoms with E-state index in [2.05, 4.69) is 5.32 Å². The number of methoxy groups -OCH3 is 1. The van der Waals surface area contributed by atoms with Crippen LogP contribution in [-0.4, -0.2) is 79.8 Å². The molecule has 0 aliphatic carbocycles. The number of nitrogens with zero attached hydrogens (tertiary/aromatic N) is 2.